The number of rotatable bonds is 3. The van der Waals surface area contributed by atoms with Crippen molar-refractivity contribution in [2.24, 2.45) is 0 Å². The number of hydrogen-bond donors (Lipinski definition) is 1. The second-order valence-electron chi connectivity index (χ2n) is 3.85. The maximum Gasteiger partial charge on any atom is 0.147 e. The fourth-order valence-electron chi connectivity index (χ4n) is 1.78. The molecule has 0 aliphatic heterocycles. The Balaban J connectivity index is 1.92. The lowest BCUT2D eigenvalue weighted by Gasteiger charge is -2.00. The van der Waals surface area contributed by atoms with Crippen molar-refractivity contribution >= 4 is 11.3 Å². The summed E-state index contributed by atoms with van der Waals surface area (Å²) in [4.78, 5) is 8.88. The Morgan fingerprint density at radius 2 is 2.00 bits per heavy atom. The summed E-state index contributed by atoms with van der Waals surface area (Å²) in [7, 11) is 1.67. The van der Waals surface area contributed by atoms with Crippen LogP contribution in [0.3, 0.4) is 0 Å². The van der Waals surface area contributed by atoms with Crippen LogP contribution in [0.25, 0.3) is 22.0 Å². The molecule has 4 heteroatoms. The first kappa shape index (κ1) is 11.0. The van der Waals surface area contributed by atoms with Crippen molar-refractivity contribution < 1.29 is 4.74 Å². The largest absolute Gasteiger partial charge is 0.497 e. The van der Waals surface area contributed by atoms with E-state index in [1.807, 2.05) is 41.9 Å². The van der Waals surface area contributed by atoms with Gasteiger partial charge in [0.1, 0.15) is 11.6 Å². The summed E-state index contributed by atoms with van der Waals surface area (Å²) in [6.07, 6.45) is 1.86. The third-order valence-electron chi connectivity index (χ3n) is 2.73. The van der Waals surface area contributed by atoms with Gasteiger partial charge in [-0.2, -0.15) is 0 Å². The number of imidazole rings is 1. The van der Waals surface area contributed by atoms with Gasteiger partial charge >= 0.3 is 0 Å². The predicted molar refractivity (Wildman–Crippen MR) is 73.9 cm³/mol. The molecule has 0 spiro atoms. The van der Waals surface area contributed by atoms with Crippen molar-refractivity contribution in [3.05, 3.63) is 48.0 Å². The molecule has 3 aromatic rings. The van der Waals surface area contributed by atoms with E-state index in [2.05, 4.69) is 16.0 Å². The van der Waals surface area contributed by atoms with E-state index in [-0.39, 0.29) is 0 Å². The SMILES string of the molecule is COc1ccc(-c2cnc(-c3cccs3)[nH]2)cc1. The van der Waals surface area contributed by atoms with Gasteiger partial charge in [0, 0.05) is 0 Å². The first-order chi connectivity index (χ1) is 8.86. The van der Waals surface area contributed by atoms with E-state index >= 15 is 0 Å². The smallest absolute Gasteiger partial charge is 0.147 e. The Morgan fingerprint density at radius 3 is 2.67 bits per heavy atom. The topological polar surface area (TPSA) is 37.9 Å². The van der Waals surface area contributed by atoms with Crippen LogP contribution in [-0.4, -0.2) is 17.1 Å². The Morgan fingerprint density at radius 1 is 1.17 bits per heavy atom. The Labute approximate surface area is 109 Å². The maximum atomic E-state index is 5.14. The number of nitrogens with zero attached hydrogens (tertiary/aromatic N) is 1. The molecule has 0 radical (unpaired) electrons. The minimum absolute atomic E-state index is 0.858. The van der Waals surface area contributed by atoms with Crippen LogP contribution in [-0.2, 0) is 0 Å². The van der Waals surface area contributed by atoms with Crippen molar-refractivity contribution in [1.29, 1.82) is 0 Å². The molecular formula is C14H12N2OS. The molecule has 0 bridgehead atoms. The number of benzene rings is 1. The van der Waals surface area contributed by atoms with Gasteiger partial charge in [-0.05, 0) is 41.3 Å². The highest BCUT2D eigenvalue weighted by atomic mass is 32.1. The lowest BCUT2D eigenvalue weighted by molar-refractivity contribution is 0.415. The molecule has 2 heterocycles. The molecule has 0 atom stereocenters. The lowest BCUT2D eigenvalue weighted by Crippen LogP contribution is -1.82. The van der Waals surface area contributed by atoms with Crippen LogP contribution in [0.5, 0.6) is 5.75 Å². The molecule has 0 saturated heterocycles. The number of H-pyrrole nitrogens is 1. The van der Waals surface area contributed by atoms with Crippen molar-refractivity contribution in [2.75, 3.05) is 7.11 Å². The quantitative estimate of drug-likeness (QED) is 0.773. The summed E-state index contributed by atoms with van der Waals surface area (Å²) in [6.45, 7) is 0. The molecular weight excluding hydrogens is 244 g/mol. The molecule has 3 rings (SSSR count). The van der Waals surface area contributed by atoms with Crippen molar-refractivity contribution in [3.63, 3.8) is 0 Å². The number of aromatic nitrogens is 2. The van der Waals surface area contributed by atoms with Gasteiger partial charge in [0.25, 0.3) is 0 Å². The highest BCUT2D eigenvalue weighted by Crippen LogP contribution is 2.26. The van der Waals surface area contributed by atoms with Gasteiger partial charge < -0.3 is 9.72 Å². The van der Waals surface area contributed by atoms with E-state index in [4.69, 9.17) is 4.74 Å². The summed E-state index contributed by atoms with van der Waals surface area (Å²) >= 11 is 1.68. The van der Waals surface area contributed by atoms with Gasteiger partial charge in [-0.1, -0.05) is 6.07 Å². The normalized spacial score (nSPS) is 10.5. The maximum absolute atomic E-state index is 5.14. The van der Waals surface area contributed by atoms with Crippen LogP contribution in [0.1, 0.15) is 0 Å². The van der Waals surface area contributed by atoms with Crippen LogP contribution < -0.4 is 4.74 Å². The summed E-state index contributed by atoms with van der Waals surface area (Å²) in [5.74, 6) is 1.77. The molecule has 2 aromatic heterocycles. The summed E-state index contributed by atoms with van der Waals surface area (Å²) in [6, 6.07) is 12.0. The van der Waals surface area contributed by atoms with Crippen molar-refractivity contribution in [1.82, 2.24) is 9.97 Å². The Kier molecular flexibility index (Phi) is 2.86. The average molecular weight is 256 g/mol. The van der Waals surface area contributed by atoms with Crippen LogP contribution in [0.2, 0.25) is 0 Å². The molecule has 0 saturated carbocycles. The minimum atomic E-state index is 0.858. The average Bonchev–Trinajstić information content (AvgIpc) is 3.09. The molecule has 18 heavy (non-hydrogen) atoms. The zero-order valence-electron chi connectivity index (χ0n) is 9.88. The molecule has 1 N–H and O–H groups in total. The third kappa shape index (κ3) is 2.02. The lowest BCUT2D eigenvalue weighted by atomic mass is 10.2. The molecule has 0 aliphatic rings. The number of hydrogen-bond acceptors (Lipinski definition) is 3. The number of thiophene rings is 1. The molecule has 3 nitrogen and oxygen atoms in total. The standard InChI is InChI=1S/C14H12N2OS/c1-17-11-6-4-10(5-7-11)12-9-15-14(16-12)13-3-2-8-18-13/h2-9H,1H3,(H,15,16). The third-order valence-corrected chi connectivity index (χ3v) is 3.61. The number of nitrogens with one attached hydrogen (secondary N) is 1. The first-order valence-corrected chi connectivity index (χ1v) is 6.48. The van der Waals surface area contributed by atoms with Crippen molar-refractivity contribution in [3.8, 4) is 27.7 Å². The monoisotopic (exact) mass is 256 g/mol. The molecule has 0 aliphatic carbocycles. The van der Waals surface area contributed by atoms with E-state index in [1.54, 1.807) is 18.4 Å². The summed E-state index contributed by atoms with van der Waals surface area (Å²) in [5, 5.41) is 2.05. The van der Waals surface area contributed by atoms with Crippen LogP contribution >= 0.6 is 11.3 Å². The van der Waals surface area contributed by atoms with E-state index in [0.717, 1.165) is 27.7 Å². The fraction of sp³-hybridized carbons (Fsp3) is 0.0714. The molecule has 0 unspecified atom stereocenters. The Bertz CT molecular complexity index is 626. The molecule has 90 valence electrons. The first-order valence-electron chi connectivity index (χ1n) is 5.60. The van der Waals surface area contributed by atoms with E-state index in [0.29, 0.717) is 0 Å². The minimum Gasteiger partial charge on any atom is -0.497 e. The van der Waals surface area contributed by atoms with Crippen molar-refractivity contribution in [2.45, 2.75) is 0 Å². The van der Waals surface area contributed by atoms with E-state index < -0.39 is 0 Å². The summed E-state index contributed by atoms with van der Waals surface area (Å²) < 4.78 is 5.14. The predicted octanol–water partition coefficient (Wildman–Crippen LogP) is 3.81. The highest BCUT2D eigenvalue weighted by Gasteiger charge is 2.06. The second-order valence-corrected chi connectivity index (χ2v) is 4.80. The summed E-state index contributed by atoms with van der Waals surface area (Å²) in [5.41, 5.74) is 2.12. The van der Waals surface area contributed by atoms with Gasteiger partial charge in [0.2, 0.25) is 0 Å². The van der Waals surface area contributed by atoms with Gasteiger partial charge in [0.15, 0.2) is 0 Å². The van der Waals surface area contributed by atoms with E-state index in [9.17, 15) is 0 Å². The van der Waals surface area contributed by atoms with Crippen LogP contribution in [0.4, 0.5) is 0 Å². The van der Waals surface area contributed by atoms with Crippen LogP contribution in [0, 0.1) is 0 Å². The number of ether oxygens (including phenoxy) is 1. The number of aromatic amines is 1. The van der Waals surface area contributed by atoms with Gasteiger partial charge in [-0.25, -0.2) is 4.98 Å². The second kappa shape index (κ2) is 4.66. The fourth-order valence-corrected chi connectivity index (χ4v) is 2.45. The molecule has 0 amide bonds. The van der Waals surface area contributed by atoms with Gasteiger partial charge in [-0.15, -0.1) is 11.3 Å². The van der Waals surface area contributed by atoms with Gasteiger partial charge in [0.05, 0.1) is 23.9 Å². The van der Waals surface area contributed by atoms with E-state index in [1.165, 1.54) is 0 Å². The molecule has 0 fully saturated rings. The Hall–Kier alpha value is -2.07. The van der Waals surface area contributed by atoms with Crippen LogP contribution in [0.15, 0.2) is 48.0 Å². The van der Waals surface area contributed by atoms with Gasteiger partial charge in [-0.3, -0.25) is 0 Å². The molecule has 1 aromatic carbocycles. The zero-order chi connectivity index (χ0) is 12.4. The number of methoxy groups -OCH3 is 1. The zero-order valence-corrected chi connectivity index (χ0v) is 10.7. The highest BCUT2D eigenvalue weighted by molar-refractivity contribution is 7.13.